The van der Waals surface area contributed by atoms with Crippen molar-refractivity contribution in [1.29, 1.82) is 0 Å². The number of hydrogen-bond acceptors (Lipinski definition) is 2. The number of imidazole rings is 1. The Balaban J connectivity index is 2.67. The van der Waals surface area contributed by atoms with Crippen LogP contribution in [0.4, 0.5) is 5.82 Å². The minimum atomic E-state index is -0.0615. The Bertz CT molecular complexity index is 673. The molecule has 0 fully saturated rings. The van der Waals surface area contributed by atoms with Crippen LogP contribution in [0.1, 0.15) is 37.7 Å². The van der Waals surface area contributed by atoms with E-state index in [0.717, 1.165) is 17.1 Å². The Morgan fingerprint density at radius 3 is 2.48 bits per heavy atom. The van der Waals surface area contributed by atoms with Crippen LogP contribution < -0.4 is 5.73 Å². The summed E-state index contributed by atoms with van der Waals surface area (Å²) in [5.74, 6) is 1.71. The first-order valence-corrected chi connectivity index (χ1v) is 7.30. The van der Waals surface area contributed by atoms with Gasteiger partial charge < -0.3 is 10.3 Å². The molecule has 1 aromatic heterocycles. The lowest BCUT2D eigenvalue weighted by Gasteiger charge is -2.19. The van der Waals surface area contributed by atoms with Crippen LogP contribution in [-0.4, -0.2) is 9.55 Å². The number of benzene rings is 1. The largest absolute Gasteiger partial charge is 0.383 e. The molecule has 1 heterocycles. The summed E-state index contributed by atoms with van der Waals surface area (Å²) >= 11 is 0. The van der Waals surface area contributed by atoms with Crippen molar-refractivity contribution in [3.05, 3.63) is 47.8 Å². The lowest BCUT2D eigenvalue weighted by molar-refractivity contribution is 0.515. The summed E-state index contributed by atoms with van der Waals surface area (Å²) in [5.41, 5.74) is 10.7. The highest BCUT2D eigenvalue weighted by Crippen LogP contribution is 2.33. The highest BCUT2D eigenvalue weighted by atomic mass is 15.1. The number of nitrogens with two attached hydrogens (primary N) is 1. The zero-order chi connectivity index (χ0) is 15.8. The fourth-order valence-corrected chi connectivity index (χ4v) is 2.63. The minimum absolute atomic E-state index is 0.0615. The molecule has 0 spiro atoms. The Morgan fingerprint density at radius 2 is 1.95 bits per heavy atom. The standard InChI is InChI=1S/C18H25N3/c1-7-10-21-16(19)15(20-17(21)18(4,5)6)14-9-8-12(2)11-13(14)3/h7-9,11H,1,10,19H2,2-6H3. The van der Waals surface area contributed by atoms with Crippen LogP contribution in [0.5, 0.6) is 0 Å². The average Bonchev–Trinajstić information content (AvgIpc) is 2.68. The molecule has 0 saturated carbocycles. The van der Waals surface area contributed by atoms with E-state index in [2.05, 4.69) is 64.0 Å². The molecule has 2 N–H and O–H groups in total. The summed E-state index contributed by atoms with van der Waals surface area (Å²) in [4.78, 5) is 4.85. The second-order valence-electron chi connectivity index (χ2n) is 6.64. The fraction of sp³-hybridized carbons (Fsp3) is 0.389. The molecule has 0 atom stereocenters. The van der Waals surface area contributed by atoms with Gasteiger partial charge in [0.15, 0.2) is 0 Å². The van der Waals surface area contributed by atoms with Crippen LogP contribution in [-0.2, 0) is 12.0 Å². The number of aromatic nitrogens is 2. The normalized spacial score (nSPS) is 11.7. The summed E-state index contributed by atoms with van der Waals surface area (Å²) < 4.78 is 2.06. The van der Waals surface area contributed by atoms with E-state index >= 15 is 0 Å². The molecule has 0 aliphatic heterocycles. The number of hydrogen-bond donors (Lipinski definition) is 1. The van der Waals surface area contributed by atoms with Crippen molar-refractivity contribution in [2.75, 3.05) is 5.73 Å². The van der Waals surface area contributed by atoms with Crippen molar-refractivity contribution in [3.8, 4) is 11.3 Å². The van der Waals surface area contributed by atoms with Gasteiger partial charge in [-0.3, -0.25) is 0 Å². The van der Waals surface area contributed by atoms with E-state index in [1.54, 1.807) is 0 Å². The molecule has 2 rings (SSSR count). The number of aryl methyl sites for hydroxylation is 2. The van der Waals surface area contributed by atoms with Gasteiger partial charge in [-0.05, 0) is 19.4 Å². The minimum Gasteiger partial charge on any atom is -0.383 e. The Labute approximate surface area is 127 Å². The highest BCUT2D eigenvalue weighted by Gasteiger charge is 2.25. The number of allylic oxidation sites excluding steroid dienone is 1. The molecular formula is C18H25N3. The molecule has 3 nitrogen and oxygen atoms in total. The molecule has 3 heteroatoms. The first kappa shape index (κ1) is 15.4. The summed E-state index contributed by atoms with van der Waals surface area (Å²) in [6, 6.07) is 6.37. The highest BCUT2D eigenvalue weighted by molar-refractivity contribution is 5.74. The second-order valence-corrected chi connectivity index (χ2v) is 6.64. The van der Waals surface area contributed by atoms with Crippen molar-refractivity contribution >= 4 is 5.82 Å². The predicted octanol–water partition coefficient (Wildman–Crippen LogP) is 4.23. The van der Waals surface area contributed by atoms with E-state index in [-0.39, 0.29) is 5.41 Å². The third-order valence-corrected chi connectivity index (χ3v) is 3.63. The maximum absolute atomic E-state index is 6.38. The van der Waals surface area contributed by atoms with Gasteiger partial charge in [0.1, 0.15) is 17.3 Å². The van der Waals surface area contributed by atoms with Crippen LogP contribution in [0.2, 0.25) is 0 Å². The van der Waals surface area contributed by atoms with E-state index in [9.17, 15) is 0 Å². The molecule has 1 aromatic carbocycles. The summed E-state index contributed by atoms with van der Waals surface area (Å²) in [5, 5.41) is 0. The van der Waals surface area contributed by atoms with E-state index < -0.39 is 0 Å². The molecule has 2 aromatic rings. The van der Waals surface area contributed by atoms with Crippen molar-refractivity contribution < 1.29 is 0 Å². The number of nitrogen functional groups attached to an aromatic ring is 1. The van der Waals surface area contributed by atoms with Gasteiger partial charge in [0.25, 0.3) is 0 Å². The molecule has 0 bridgehead atoms. The molecule has 21 heavy (non-hydrogen) atoms. The molecule has 0 aliphatic carbocycles. The van der Waals surface area contributed by atoms with Crippen molar-refractivity contribution in [2.45, 2.75) is 46.6 Å². The molecule has 112 valence electrons. The lowest BCUT2D eigenvalue weighted by atomic mass is 9.95. The van der Waals surface area contributed by atoms with Gasteiger partial charge in [-0.25, -0.2) is 4.98 Å². The van der Waals surface area contributed by atoms with Crippen molar-refractivity contribution in [2.24, 2.45) is 0 Å². The fourth-order valence-electron chi connectivity index (χ4n) is 2.63. The topological polar surface area (TPSA) is 43.8 Å². The van der Waals surface area contributed by atoms with Crippen LogP contribution in [0.15, 0.2) is 30.9 Å². The van der Waals surface area contributed by atoms with Crippen molar-refractivity contribution in [3.63, 3.8) is 0 Å². The lowest BCUT2D eigenvalue weighted by Crippen LogP contribution is -2.19. The van der Waals surface area contributed by atoms with E-state index in [0.29, 0.717) is 12.4 Å². The van der Waals surface area contributed by atoms with Gasteiger partial charge in [0.2, 0.25) is 0 Å². The van der Waals surface area contributed by atoms with E-state index in [1.807, 2.05) is 6.08 Å². The van der Waals surface area contributed by atoms with Gasteiger partial charge in [0, 0.05) is 17.5 Å². The maximum atomic E-state index is 6.38. The number of rotatable bonds is 3. The first-order chi connectivity index (χ1) is 9.75. The van der Waals surface area contributed by atoms with Gasteiger partial charge in [0.05, 0.1) is 0 Å². The van der Waals surface area contributed by atoms with Crippen LogP contribution in [0.3, 0.4) is 0 Å². The van der Waals surface area contributed by atoms with Gasteiger partial charge in [-0.15, -0.1) is 6.58 Å². The smallest absolute Gasteiger partial charge is 0.132 e. The second kappa shape index (κ2) is 5.40. The molecule has 0 saturated heterocycles. The SMILES string of the molecule is C=CCn1c(C(C)(C)C)nc(-c2ccc(C)cc2C)c1N. The molecular weight excluding hydrogens is 258 g/mol. The van der Waals surface area contributed by atoms with Crippen LogP contribution >= 0.6 is 0 Å². The Morgan fingerprint density at radius 1 is 1.29 bits per heavy atom. The summed E-state index contributed by atoms with van der Waals surface area (Å²) in [6.07, 6.45) is 1.86. The van der Waals surface area contributed by atoms with Crippen LogP contribution in [0.25, 0.3) is 11.3 Å². The van der Waals surface area contributed by atoms with Crippen molar-refractivity contribution in [1.82, 2.24) is 9.55 Å². The molecule has 0 amide bonds. The van der Waals surface area contributed by atoms with Gasteiger partial charge >= 0.3 is 0 Å². The quantitative estimate of drug-likeness (QED) is 0.857. The Hall–Kier alpha value is -2.03. The summed E-state index contributed by atoms with van der Waals surface area (Å²) in [7, 11) is 0. The molecule has 0 unspecified atom stereocenters. The first-order valence-electron chi connectivity index (χ1n) is 7.30. The Kier molecular flexibility index (Phi) is 3.95. The van der Waals surface area contributed by atoms with E-state index in [4.69, 9.17) is 10.7 Å². The predicted molar refractivity (Wildman–Crippen MR) is 90.4 cm³/mol. The maximum Gasteiger partial charge on any atom is 0.132 e. The van der Waals surface area contributed by atoms with Gasteiger partial charge in [-0.2, -0.15) is 0 Å². The zero-order valence-corrected chi connectivity index (χ0v) is 13.7. The van der Waals surface area contributed by atoms with Crippen LogP contribution in [0, 0.1) is 13.8 Å². The summed E-state index contributed by atoms with van der Waals surface area (Å²) in [6.45, 7) is 15.2. The third-order valence-electron chi connectivity index (χ3n) is 3.63. The third kappa shape index (κ3) is 2.87. The molecule has 0 aliphatic rings. The average molecular weight is 283 g/mol. The monoisotopic (exact) mass is 283 g/mol. The van der Waals surface area contributed by atoms with Gasteiger partial charge in [-0.1, -0.05) is 50.6 Å². The number of nitrogens with zero attached hydrogens (tertiary/aromatic N) is 2. The van der Waals surface area contributed by atoms with E-state index in [1.165, 1.54) is 11.1 Å². The zero-order valence-electron chi connectivity index (χ0n) is 13.7. The number of anilines is 1. The molecule has 0 radical (unpaired) electrons.